The van der Waals surface area contributed by atoms with Crippen LogP contribution in [-0.2, 0) is 11.3 Å². The number of likely N-dealkylation sites (tertiary alicyclic amines) is 1. The van der Waals surface area contributed by atoms with Gasteiger partial charge < -0.3 is 14.9 Å². The van der Waals surface area contributed by atoms with E-state index in [0.717, 1.165) is 18.4 Å². The van der Waals surface area contributed by atoms with Gasteiger partial charge in [0, 0.05) is 20.1 Å². The van der Waals surface area contributed by atoms with Crippen LogP contribution in [0.2, 0.25) is 0 Å². The molecule has 0 saturated carbocycles. The number of hydrogen-bond acceptors (Lipinski definition) is 3. The zero-order valence-electron chi connectivity index (χ0n) is 12.5. The first-order valence-corrected chi connectivity index (χ1v) is 8.22. The molecule has 0 spiro atoms. The highest BCUT2D eigenvalue weighted by molar-refractivity contribution is 7.07. The third-order valence-electron chi connectivity index (χ3n) is 4.15. The highest BCUT2D eigenvalue weighted by Gasteiger charge is 2.36. The fourth-order valence-electron chi connectivity index (χ4n) is 2.82. The monoisotopic (exact) mass is 310 g/mol. The van der Waals surface area contributed by atoms with Crippen molar-refractivity contribution in [2.45, 2.75) is 38.8 Å². The minimum atomic E-state index is -0.898. The Kier molecular flexibility index (Phi) is 5.22. The quantitative estimate of drug-likeness (QED) is 0.930. The maximum Gasteiger partial charge on any atom is 0.326 e. The lowest BCUT2D eigenvalue weighted by Crippen LogP contribution is -2.53. The molecule has 6 heteroatoms. The van der Waals surface area contributed by atoms with E-state index in [1.807, 2.05) is 16.8 Å². The van der Waals surface area contributed by atoms with Crippen LogP contribution in [0.3, 0.4) is 0 Å². The molecule has 1 fully saturated rings. The van der Waals surface area contributed by atoms with Crippen LogP contribution in [0.1, 0.15) is 31.7 Å². The molecular weight excluding hydrogens is 288 g/mol. The van der Waals surface area contributed by atoms with Gasteiger partial charge in [0.2, 0.25) is 0 Å². The molecule has 2 heterocycles. The summed E-state index contributed by atoms with van der Waals surface area (Å²) >= 11 is 1.59. The molecule has 0 bridgehead atoms. The molecule has 1 aliphatic heterocycles. The smallest absolute Gasteiger partial charge is 0.326 e. The van der Waals surface area contributed by atoms with Crippen molar-refractivity contribution < 1.29 is 14.7 Å². The van der Waals surface area contributed by atoms with Crippen LogP contribution in [0.5, 0.6) is 0 Å². The van der Waals surface area contributed by atoms with Gasteiger partial charge in [-0.25, -0.2) is 9.59 Å². The lowest BCUT2D eigenvalue weighted by Gasteiger charge is -2.38. The van der Waals surface area contributed by atoms with Crippen LogP contribution in [-0.4, -0.2) is 46.5 Å². The lowest BCUT2D eigenvalue weighted by atomic mass is 9.89. The Morgan fingerprint density at radius 1 is 1.52 bits per heavy atom. The SMILES string of the molecule is CCC1CCN(C(=O)N(C)Cc2ccsc2)C(C(=O)O)C1. The number of carboxylic acids is 1. The highest BCUT2D eigenvalue weighted by Crippen LogP contribution is 2.26. The molecule has 2 unspecified atom stereocenters. The number of piperidine rings is 1. The summed E-state index contributed by atoms with van der Waals surface area (Å²) < 4.78 is 0. The minimum absolute atomic E-state index is 0.192. The van der Waals surface area contributed by atoms with Gasteiger partial charge in [0.1, 0.15) is 6.04 Å². The molecule has 116 valence electrons. The molecule has 1 aromatic heterocycles. The van der Waals surface area contributed by atoms with Crippen molar-refractivity contribution in [2.24, 2.45) is 5.92 Å². The number of carbonyl (C=O) groups is 2. The van der Waals surface area contributed by atoms with Crippen molar-refractivity contribution in [3.8, 4) is 0 Å². The van der Waals surface area contributed by atoms with E-state index in [4.69, 9.17) is 0 Å². The van der Waals surface area contributed by atoms with Gasteiger partial charge in [-0.15, -0.1) is 0 Å². The Bertz CT molecular complexity index is 489. The topological polar surface area (TPSA) is 60.9 Å². The van der Waals surface area contributed by atoms with Crippen LogP contribution >= 0.6 is 11.3 Å². The van der Waals surface area contributed by atoms with Crippen LogP contribution in [0, 0.1) is 5.92 Å². The number of carbonyl (C=O) groups excluding carboxylic acids is 1. The van der Waals surface area contributed by atoms with Crippen molar-refractivity contribution >= 4 is 23.3 Å². The normalized spacial score (nSPS) is 22.1. The third-order valence-corrected chi connectivity index (χ3v) is 4.88. The number of nitrogens with zero attached hydrogens (tertiary/aromatic N) is 2. The molecule has 1 aromatic rings. The Hall–Kier alpha value is -1.56. The second kappa shape index (κ2) is 6.93. The Labute approximate surface area is 129 Å². The number of hydrogen-bond donors (Lipinski definition) is 1. The Morgan fingerprint density at radius 2 is 2.29 bits per heavy atom. The summed E-state index contributed by atoms with van der Waals surface area (Å²) in [7, 11) is 1.73. The number of urea groups is 1. The van der Waals surface area contributed by atoms with Gasteiger partial charge in [-0.3, -0.25) is 0 Å². The largest absolute Gasteiger partial charge is 0.480 e. The van der Waals surface area contributed by atoms with Gasteiger partial charge in [0.15, 0.2) is 0 Å². The average molecular weight is 310 g/mol. The third kappa shape index (κ3) is 3.75. The lowest BCUT2D eigenvalue weighted by molar-refractivity contribution is -0.144. The molecule has 2 amide bonds. The molecule has 5 nitrogen and oxygen atoms in total. The van der Waals surface area contributed by atoms with Gasteiger partial charge in [0.25, 0.3) is 0 Å². The molecule has 1 saturated heterocycles. The van der Waals surface area contributed by atoms with E-state index >= 15 is 0 Å². The van der Waals surface area contributed by atoms with E-state index in [9.17, 15) is 14.7 Å². The van der Waals surface area contributed by atoms with Crippen molar-refractivity contribution in [1.29, 1.82) is 0 Å². The summed E-state index contributed by atoms with van der Waals surface area (Å²) in [5, 5.41) is 13.4. The number of carboxylic acid groups (broad SMARTS) is 1. The molecule has 0 aliphatic carbocycles. The van der Waals surface area contributed by atoms with Crippen molar-refractivity contribution in [1.82, 2.24) is 9.80 Å². The summed E-state index contributed by atoms with van der Waals surface area (Å²) in [5.74, 6) is -0.497. The number of aliphatic carboxylic acids is 1. The van der Waals surface area contributed by atoms with Crippen LogP contribution in [0.15, 0.2) is 16.8 Å². The van der Waals surface area contributed by atoms with Gasteiger partial charge in [-0.2, -0.15) is 11.3 Å². The van der Waals surface area contributed by atoms with Gasteiger partial charge in [0.05, 0.1) is 0 Å². The summed E-state index contributed by atoms with van der Waals surface area (Å²) in [5.41, 5.74) is 1.08. The van der Waals surface area contributed by atoms with E-state index in [0.29, 0.717) is 25.4 Å². The summed E-state index contributed by atoms with van der Waals surface area (Å²) in [6, 6.07) is 1.09. The van der Waals surface area contributed by atoms with Crippen molar-refractivity contribution in [3.05, 3.63) is 22.4 Å². The van der Waals surface area contributed by atoms with Crippen LogP contribution < -0.4 is 0 Å². The Morgan fingerprint density at radius 3 is 2.86 bits per heavy atom. The van der Waals surface area contributed by atoms with E-state index < -0.39 is 12.0 Å². The van der Waals surface area contributed by atoms with E-state index in [-0.39, 0.29) is 6.03 Å². The molecule has 0 aromatic carbocycles. The van der Waals surface area contributed by atoms with Gasteiger partial charge >= 0.3 is 12.0 Å². The molecule has 0 radical (unpaired) electrons. The fraction of sp³-hybridized carbons (Fsp3) is 0.600. The minimum Gasteiger partial charge on any atom is -0.480 e. The first-order chi connectivity index (χ1) is 10.0. The molecule has 1 N–H and O–H groups in total. The average Bonchev–Trinajstić information content (AvgIpc) is 2.98. The van der Waals surface area contributed by atoms with Crippen LogP contribution in [0.25, 0.3) is 0 Å². The number of thiophene rings is 1. The first-order valence-electron chi connectivity index (χ1n) is 7.28. The number of amides is 2. The van der Waals surface area contributed by atoms with Crippen molar-refractivity contribution in [2.75, 3.05) is 13.6 Å². The Balaban J connectivity index is 2.04. The summed E-state index contributed by atoms with van der Waals surface area (Å²) in [4.78, 5) is 27.1. The molecule has 2 atom stereocenters. The molecule has 2 rings (SSSR count). The fourth-order valence-corrected chi connectivity index (χ4v) is 3.48. The highest BCUT2D eigenvalue weighted by atomic mass is 32.1. The molecule has 21 heavy (non-hydrogen) atoms. The second-order valence-corrected chi connectivity index (χ2v) is 6.40. The van der Waals surface area contributed by atoms with E-state index in [1.165, 1.54) is 4.90 Å². The maximum absolute atomic E-state index is 12.5. The number of rotatable bonds is 4. The summed E-state index contributed by atoms with van der Waals surface area (Å²) in [6.07, 6.45) is 2.42. The predicted octanol–water partition coefficient (Wildman–Crippen LogP) is 2.88. The maximum atomic E-state index is 12.5. The van der Waals surface area contributed by atoms with E-state index in [1.54, 1.807) is 23.3 Å². The predicted molar refractivity (Wildman–Crippen MR) is 82.3 cm³/mol. The van der Waals surface area contributed by atoms with Gasteiger partial charge in [-0.1, -0.05) is 13.3 Å². The zero-order chi connectivity index (χ0) is 15.4. The van der Waals surface area contributed by atoms with E-state index in [2.05, 4.69) is 6.92 Å². The first kappa shape index (κ1) is 15.8. The van der Waals surface area contributed by atoms with Gasteiger partial charge in [-0.05, 0) is 41.1 Å². The second-order valence-electron chi connectivity index (χ2n) is 5.62. The zero-order valence-corrected chi connectivity index (χ0v) is 13.3. The van der Waals surface area contributed by atoms with Crippen LogP contribution in [0.4, 0.5) is 4.79 Å². The summed E-state index contributed by atoms with van der Waals surface area (Å²) in [6.45, 7) is 3.12. The molecule has 1 aliphatic rings. The standard InChI is InChI=1S/C15H22N2O3S/c1-3-11-4-6-17(13(8-11)14(18)19)15(20)16(2)9-12-5-7-21-10-12/h5,7,10-11,13H,3-4,6,8-9H2,1-2H3,(H,18,19). The van der Waals surface area contributed by atoms with Crippen molar-refractivity contribution in [3.63, 3.8) is 0 Å². The molecular formula is C15H22N2O3S.